The summed E-state index contributed by atoms with van der Waals surface area (Å²) in [4.78, 5) is 25.2. The Hall–Kier alpha value is -2.71. The van der Waals surface area contributed by atoms with E-state index in [4.69, 9.17) is 22.7 Å². The lowest BCUT2D eigenvalue weighted by Gasteiger charge is -2.11. The van der Waals surface area contributed by atoms with Gasteiger partial charge < -0.3 is 15.8 Å². The molecule has 1 aromatic carbocycles. The molecule has 0 radical (unpaired) electrons. The Morgan fingerprint density at radius 2 is 1.93 bits per heavy atom. The molecule has 146 valence electrons. The zero-order chi connectivity index (χ0) is 20.1. The van der Waals surface area contributed by atoms with Gasteiger partial charge in [0.05, 0.1) is 12.7 Å². The van der Waals surface area contributed by atoms with Gasteiger partial charge in [0.2, 0.25) is 5.91 Å². The smallest absolute Gasteiger partial charge is 0.251 e. The van der Waals surface area contributed by atoms with Crippen LogP contribution in [0.15, 0.2) is 30.3 Å². The molecule has 0 saturated heterocycles. The van der Waals surface area contributed by atoms with E-state index < -0.39 is 5.91 Å². The van der Waals surface area contributed by atoms with Crippen LogP contribution in [0, 0.1) is 0 Å². The molecule has 28 heavy (non-hydrogen) atoms. The highest BCUT2D eigenvalue weighted by Gasteiger charge is 2.24. The summed E-state index contributed by atoms with van der Waals surface area (Å²) in [6, 6.07) is 7.31. The van der Waals surface area contributed by atoms with Gasteiger partial charge in [-0.05, 0) is 67.2 Å². The number of benzene rings is 1. The molecule has 2 aromatic rings. The number of aryl methyl sites for hydroxylation is 1. The maximum atomic E-state index is 12.1. The SMILES string of the molecule is COc1ccc(/C=C/C(=O)NC(=S)Nc2sc3c(c2C(N)=O)CCCC3)cc1. The van der Waals surface area contributed by atoms with Crippen molar-refractivity contribution >= 4 is 51.6 Å². The van der Waals surface area contributed by atoms with E-state index in [1.807, 2.05) is 24.3 Å². The average Bonchev–Trinajstić information content (AvgIpc) is 3.04. The van der Waals surface area contributed by atoms with E-state index in [2.05, 4.69) is 10.6 Å². The van der Waals surface area contributed by atoms with E-state index in [9.17, 15) is 9.59 Å². The normalized spacial score (nSPS) is 13.0. The third kappa shape index (κ3) is 4.76. The van der Waals surface area contributed by atoms with Crippen molar-refractivity contribution in [3.05, 3.63) is 51.9 Å². The van der Waals surface area contributed by atoms with Crippen molar-refractivity contribution in [2.75, 3.05) is 12.4 Å². The number of carbonyl (C=O) groups is 2. The molecule has 0 unspecified atom stereocenters. The molecule has 6 nitrogen and oxygen atoms in total. The summed E-state index contributed by atoms with van der Waals surface area (Å²) in [5.41, 5.74) is 7.93. The predicted octanol–water partition coefficient (Wildman–Crippen LogP) is 3.26. The number of ether oxygens (including phenoxy) is 1. The van der Waals surface area contributed by atoms with E-state index in [-0.39, 0.29) is 11.0 Å². The van der Waals surface area contributed by atoms with Crippen LogP contribution in [0.2, 0.25) is 0 Å². The molecule has 0 bridgehead atoms. The number of thiocarbonyl (C=S) groups is 1. The van der Waals surface area contributed by atoms with E-state index in [1.54, 1.807) is 13.2 Å². The first-order chi connectivity index (χ1) is 13.5. The lowest BCUT2D eigenvalue weighted by molar-refractivity contribution is -0.115. The quantitative estimate of drug-likeness (QED) is 0.515. The Bertz CT molecular complexity index is 933. The summed E-state index contributed by atoms with van der Waals surface area (Å²) < 4.78 is 5.10. The molecule has 0 atom stereocenters. The molecule has 1 heterocycles. The van der Waals surface area contributed by atoms with Crippen LogP contribution < -0.4 is 21.1 Å². The van der Waals surface area contributed by atoms with Crippen molar-refractivity contribution in [2.45, 2.75) is 25.7 Å². The number of nitrogens with two attached hydrogens (primary N) is 1. The summed E-state index contributed by atoms with van der Waals surface area (Å²) in [5.74, 6) is -0.0958. The second kappa shape index (κ2) is 8.99. The number of amides is 2. The molecule has 0 aliphatic heterocycles. The molecule has 1 aromatic heterocycles. The minimum atomic E-state index is -0.476. The first-order valence-corrected chi connectivity index (χ1v) is 10.1. The van der Waals surface area contributed by atoms with Gasteiger partial charge in [-0.1, -0.05) is 12.1 Å². The molecule has 0 saturated carbocycles. The van der Waals surface area contributed by atoms with E-state index in [0.29, 0.717) is 10.6 Å². The molecule has 1 aliphatic carbocycles. The number of anilines is 1. The Balaban J connectivity index is 1.63. The molecule has 4 N–H and O–H groups in total. The molecule has 0 spiro atoms. The van der Waals surface area contributed by atoms with Gasteiger partial charge in [0.15, 0.2) is 5.11 Å². The maximum absolute atomic E-state index is 12.1. The van der Waals surface area contributed by atoms with Gasteiger partial charge in [0.1, 0.15) is 10.8 Å². The Labute approximate surface area is 172 Å². The number of rotatable bonds is 5. The van der Waals surface area contributed by atoms with Gasteiger partial charge in [-0.2, -0.15) is 0 Å². The summed E-state index contributed by atoms with van der Waals surface area (Å²) in [7, 11) is 1.60. The van der Waals surface area contributed by atoms with Gasteiger partial charge in [-0.25, -0.2) is 0 Å². The summed E-state index contributed by atoms with van der Waals surface area (Å²) in [5, 5.41) is 6.28. The number of fused-ring (bicyclic) bond motifs is 1. The van der Waals surface area contributed by atoms with Crippen LogP contribution in [-0.2, 0) is 17.6 Å². The lowest BCUT2D eigenvalue weighted by Crippen LogP contribution is -2.33. The zero-order valence-corrected chi connectivity index (χ0v) is 17.0. The van der Waals surface area contributed by atoms with Gasteiger partial charge in [0, 0.05) is 11.0 Å². The number of methoxy groups -OCH3 is 1. The third-order valence-electron chi connectivity index (χ3n) is 4.42. The monoisotopic (exact) mass is 415 g/mol. The number of nitrogens with one attached hydrogen (secondary N) is 2. The Kier molecular flexibility index (Phi) is 6.43. The van der Waals surface area contributed by atoms with Crippen molar-refractivity contribution in [1.82, 2.24) is 5.32 Å². The van der Waals surface area contributed by atoms with Gasteiger partial charge in [-0.3, -0.25) is 14.9 Å². The van der Waals surface area contributed by atoms with Crippen molar-refractivity contribution in [2.24, 2.45) is 5.73 Å². The maximum Gasteiger partial charge on any atom is 0.251 e. The number of hydrogen-bond donors (Lipinski definition) is 3. The molecule has 3 rings (SSSR count). The van der Waals surface area contributed by atoms with E-state index in [1.165, 1.54) is 17.4 Å². The fourth-order valence-corrected chi connectivity index (χ4v) is 4.66. The Morgan fingerprint density at radius 1 is 1.21 bits per heavy atom. The van der Waals surface area contributed by atoms with E-state index >= 15 is 0 Å². The highest BCUT2D eigenvalue weighted by atomic mass is 32.1. The minimum absolute atomic E-state index is 0.130. The highest BCUT2D eigenvalue weighted by Crippen LogP contribution is 2.37. The summed E-state index contributed by atoms with van der Waals surface area (Å²) in [6.07, 6.45) is 6.99. The topological polar surface area (TPSA) is 93.4 Å². The largest absolute Gasteiger partial charge is 0.497 e. The van der Waals surface area contributed by atoms with Crippen LogP contribution in [0.3, 0.4) is 0 Å². The van der Waals surface area contributed by atoms with Crippen molar-refractivity contribution in [3.63, 3.8) is 0 Å². The fraction of sp³-hybridized carbons (Fsp3) is 0.250. The van der Waals surface area contributed by atoms with Crippen LogP contribution >= 0.6 is 23.6 Å². The van der Waals surface area contributed by atoms with Gasteiger partial charge in [0.25, 0.3) is 5.91 Å². The van der Waals surface area contributed by atoms with Gasteiger partial charge >= 0.3 is 0 Å². The molecule has 8 heteroatoms. The molecule has 1 aliphatic rings. The first-order valence-electron chi connectivity index (χ1n) is 8.86. The Morgan fingerprint density at radius 3 is 2.61 bits per heavy atom. The summed E-state index contributed by atoms with van der Waals surface area (Å²) in [6.45, 7) is 0. The highest BCUT2D eigenvalue weighted by molar-refractivity contribution is 7.80. The third-order valence-corrected chi connectivity index (χ3v) is 5.84. The van der Waals surface area contributed by atoms with Crippen LogP contribution in [-0.4, -0.2) is 24.0 Å². The predicted molar refractivity (Wildman–Crippen MR) is 116 cm³/mol. The van der Waals surface area contributed by atoms with Crippen molar-refractivity contribution in [3.8, 4) is 5.75 Å². The average molecular weight is 416 g/mol. The van der Waals surface area contributed by atoms with Crippen LogP contribution in [0.1, 0.15) is 39.2 Å². The second-order valence-corrected chi connectivity index (χ2v) is 7.84. The van der Waals surface area contributed by atoms with Crippen LogP contribution in [0.4, 0.5) is 5.00 Å². The first kappa shape index (κ1) is 20.0. The number of thiophene rings is 1. The van der Waals surface area contributed by atoms with Crippen LogP contribution in [0.5, 0.6) is 5.75 Å². The molecular weight excluding hydrogens is 394 g/mol. The minimum Gasteiger partial charge on any atom is -0.497 e. The van der Waals surface area contributed by atoms with Crippen molar-refractivity contribution in [1.29, 1.82) is 0 Å². The summed E-state index contributed by atoms with van der Waals surface area (Å²) >= 11 is 6.70. The standard InChI is InChI=1S/C20H21N3O3S2/c1-26-13-9-6-12(7-10-13)8-11-16(24)22-20(27)23-19-17(18(21)25)14-4-2-3-5-15(14)28-19/h6-11H,2-5H2,1H3,(H2,21,25)(H2,22,23,24,27)/b11-8+. The molecule has 0 fully saturated rings. The fourth-order valence-electron chi connectivity index (χ4n) is 3.09. The molecular formula is C20H21N3O3S2. The second-order valence-electron chi connectivity index (χ2n) is 6.33. The molecule has 2 amide bonds. The van der Waals surface area contributed by atoms with Crippen LogP contribution in [0.25, 0.3) is 6.08 Å². The lowest BCUT2D eigenvalue weighted by atomic mass is 9.95. The number of carbonyl (C=O) groups excluding carboxylic acids is 2. The number of primary amides is 1. The zero-order valence-electron chi connectivity index (χ0n) is 15.4. The van der Waals surface area contributed by atoms with Crippen molar-refractivity contribution < 1.29 is 14.3 Å². The van der Waals surface area contributed by atoms with Gasteiger partial charge in [-0.15, -0.1) is 11.3 Å². The number of hydrogen-bond acceptors (Lipinski definition) is 5. The van der Waals surface area contributed by atoms with E-state index in [0.717, 1.165) is 47.4 Å².